The molecule has 0 aromatic rings. The number of nitrogens with zero attached hydrogens (tertiary/aromatic N) is 1. The van der Waals surface area contributed by atoms with Gasteiger partial charge in [-0.1, -0.05) is 13.3 Å². The molecule has 2 aliphatic rings. The molecule has 1 saturated carbocycles. The molecule has 1 aliphatic carbocycles. The van der Waals surface area contributed by atoms with Crippen molar-refractivity contribution in [3.8, 4) is 0 Å². The Balaban J connectivity index is 2.31. The summed E-state index contributed by atoms with van der Waals surface area (Å²) < 4.78 is 5.20. The first-order chi connectivity index (χ1) is 9.33. The summed E-state index contributed by atoms with van der Waals surface area (Å²) in [7, 11) is 0. The molecule has 20 heavy (non-hydrogen) atoms. The van der Waals surface area contributed by atoms with Gasteiger partial charge in [-0.3, -0.25) is 9.59 Å². The summed E-state index contributed by atoms with van der Waals surface area (Å²) in [6, 6.07) is 0. The molecule has 0 aromatic carbocycles. The number of fused-ring (bicyclic) bond motifs is 2. The van der Waals surface area contributed by atoms with Crippen molar-refractivity contribution in [1.82, 2.24) is 4.90 Å². The van der Waals surface area contributed by atoms with Crippen LogP contribution in [0.3, 0.4) is 0 Å². The van der Waals surface area contributed by atoms with Crippen molar-refractivity contribution in [2.75, 3.05) is 19.7 Å². The Kier molecular flexibility index (Phi) is 3.89. The predicted molar refractivity (Wildman–Crippen MR) is 72.8 cm³/mol. The molecule has 2 rings (SSSR count). The Morgan fingerprint density at radius 2 is 2.00 bits per heavy atom. The van der Waals surface area contributed by atoms with E-state index < -0.39 is 5.41 Å². The number of carbonyl (C=O) groups is 3. The molecular formula is C15H23NO4. The highest BCUT2D eigenvalue weighted by Crippen LogP contribution is 2.54. The van der Waals surface area contributed by atoms with Crippen molar-refractivity contribution in [3.05, 3.63) is 0 Å². The monoisotopic (exact) mass is 281 g/mol. The number of rotatable bonds is 3. The Hall–Kier alpha value is -1.39. The van der Waals surface area contributed by atoms with Gasteiger partial charge in [0.1, 0.15) is 6.29 Å². The third-order valence-electron chi connectivity index (χ3n) is 5.10. The molecule has 1 aliphatic heterocycles. The van der Waals surface area contributed by atoms with Gasteiger partial charge in [-0.05, 0) is 18.3 Å². The minimum absolute atomic E-state index is 0.000694. The summed E-state index contributed by atoms with van der Waals surface area (Å²) in [4.78, 5) is 36.4. The topological polar surface area (TPSA) is 63.7 Å². The highest BCUT2D eigenvalue weighted by molar-refractivity contribution is 5.75. The van der Waals surface area contributed by atoms with Gasteiger partial charge >= 0.3 is 5.97 Å². The highest BCUT2D eigenvalue weighted by Gasteiger charge is 2.57. The maximum atomic E-state index is 11.8. The summed E-state index contributed by atoms with van der Waals surface area (Å²) in [5.41, 5.74) is -0.717. The number of aldehydes is 1. The maximum Gasteiger partial charge on any atom is 0.302 e. The fourth-order valence-corrected chi connectivity index (χ4v) is 4.06. The van der Waals surface area contributed by atoms with Gasteiger partial charge in [-0.25, -0.2) is 0 Å². The number of hydrogen-bond donors (Lipinski definition) is 0. The van der Waals surface area contributed by atoms with E-state index in [1.807, 2.05) is 0 Å². The molecule has 5 nitrogen and oxygen atoms in total. The molecule has 1 amide bonds. The molecule has 0 aromatic heterocycles. The molecule has 3 unspecified atom stereocenters. The lowest BCUT2D eigenvalue weighted by atomic mass is 9.53. The second-order valence-corrected chi connectivity index (χ2v) is 6.59. The molecule has 2 bridgehead atoms. The van der Waals surface area contributed by atoms with Crippen LogP contribution in [0.25, 0.3) is 0 Å². The van der Waals surface area contributed by atoms with Crippen LogP contribution in [0.4, 0.5) is 0 Å². The van der Waals surface area contributed by atoms with Crippen molar-refractivity contribution < 1.29 is 19.1 Å². The van der Waals surface area contributed by atoms with Crippen LogP contribution in [0.15, 0.2) is 0 Å². The normalized spacial score (nSPS) is 36.4. The summed E-state index contributed by atoms with van der Waals surface area (Å²) in [5.74, 6) is -0.308. The third-order valence-corrected chi connectivity index (χ3v) is 5.10. The number of esters is 1. The van der Waals surface area contributed by atoms with Crippen LogP contribution in [0.5, 0.6) is 0 Å². The average molecular weight is 281 g/mol. The van der Waals surface area contributed by atoms with Crippen molar-refractivity contribution in [2.24, 2.45) is 16.7 Å². The number of amides is 1. The fourth-order valence-electron chi connectivity index (χ4n) is 4.06. The van der Waals surface area contributed by atoms with E-state index in [1.165, 1.54) is 6.92 Å². The number of likely N-dealkylation sites (tertiary alicyclic amines) is 1. The van der Waals surface area contributed by atoms with Crippen molar-refractivity contribution in [3.63, 3.8) is 0 Å². The minimum atomic E-state index is -0.563. The molecule has 0 spiro atoms. The lowest BCUT2D eigenvalue weighted by Crippen LogP contribution is -2.63. The first-order valence-electron chi connectivity index (χ1n) is 7.18. The van der Waals surface area contributed by atoms with Gasteiger partial charge in [0.15, 0.2) is 0 Å². The summed E-state index contributed by atoms with van der Waals surface area (Å²) in [6.07, 6.45) is 3.70. The molecular weight excluding hydrogens is 258 g/mol. The largest absolute Gasteiger partial charge is 0.466 e. The van der Waals surface area contributed by atoms with E-state index in [0.29, 0.717) is 13.1 Å². The Morgan fingerprint density at radius 3 is 2.55 bits per heavy atom. The van der Waals surface area contributed by atoms with E-state index in [2.05, 4.69) is 6.92 Å². The quantitative estimate of drug-likeness (QED) is 0.579. The molecule has 1 saturated heterocycles. The maximum absolute atomic E-state index is 11.8. The van der Waals surface area contributed by atoms with E-state index >= 15 is 0 Å². The van der Waals surface area contributed by atoms with E-state index in [0.717, 1.165) is 25.5 Å². The zero-order valence-corrected chi connectivity index (χ0v) is 12.5. The van der Waals surface area contributed by atoms with Crippen LogP contribution >= 0.6 is 0 Å². The molecule has 3 atom stereocenters. The summed E-state index contributed by atoms with van der Waals surface area (Å²) >= 11 is 0. The highest BCUT2D eigenvalue weighted by atomic mass is 16.5. The first-order valence-corrected chi connectivity index (χ1v) is 7.18. The standard InChI is InChI=1S/C15H23NO4/c1-11(18)16-8-14(3)5-4-6-15(9-16,10-17)13(14)7-20-12(2)19/h10,13H,4-9H2,1-3H3. The minimum Gasteiger partial charge on any atom is -0.466 e. The van der Waals surface area contributed by atoms with E-state index in [4.69, 9.17) is 4.74 Å². The molecule has 5 heteroatoms. The van der Waals surface area contributed by atoms with Crippen LogP contribution in [-0.4, -0.2) is 42.8 Å². The molecule has 2 fully saturated rings. The molecule has 0 N–H and O–H groups in total. The number of ether oxygens (including phenoxy) is 1. The lowest BCUT2D eigenvalue weighted by Gasteiger charge is -2.57. The van der Waals surface area contributed by atoms with Gasteiger partial charge < -0.3 is 14.4 Å². The summed E-state index contributed by atoms with van der Waals surface area (Å²) in [6.45, 7) is 6.40. The van der Waals surface area contributed by atoms with Gasteiger partial charge in [0.05, 0.1) is 12.0 Å². The SMILES string of the molecule is CC(=O)OCC1C2(C)CCCC1(C=O)CN(C(C)=O)C2. The predicted octanol–water partition coefficient (Wildman–Crippen LogP) is 1.40. The van der Waals surface area contributed by atoms with E-state index in [1.54, 1.807) is 11.8 Å². The van der Waals surface area contributed by atoms with Crippen LogP contribution in [0.2, 0.25) is 0 Å². The van der Waals surface area contributed by atoms with Gasteiger partial charge in [-0.2, -0.15) is 0 Å². The number of piperidine rings is 1. The lowest BCUT2D eigenvalue weighted by molar-refractivity contribution is -0.169. The second kappa shape index (κ2) is 5.19. The van der Waals surface area contributed by atoms with Crippen molar-refractivity contribution in [1.29, 1.82) is 0 Å². The Morgan fingerprint density at radius 1 is 1.30 bits per heavy atom. The van der Waals surface area contributed by atoms with E-state index in [9.17, 15) is 14.4 Å². The molecule has 0 radical (unpaired) electrons. The van der Waals surface area contributed by atoms with Crippen molar-refractivity contribution in [2.45, 2.75) is 40.0 Å². The van der Waals surface area contributed by atoms with Crippen LogP contribution < -0.4 is 0 Å². The van der Waals surface area contributed by atoms with E-state index in [-0.39, 0.29) is 29.8 Å². The van der Waals surface area contributed by atoms with Gasteiger partial charge in [-0.15, -0.1) is 0 Å². The fraction of sp³-hybridized carbons (Fsp3) is 0.800. The smallest absolute Gasteiger partial charge is 0.302 e. The van der Waals surface area contributed by atoms with Gasteiger partial charge in [0, 0.05) is 32.9 Å². The first kappa shape index (κ1) is 15.0. The third kappa shape index (κ3) is 2.45. The van der Waals surface area contributed by atoms with Crippen LogP contribution in [0.1, 0.15) is 40.0 Å². The zero-order chi connectivity index (χ0) is 15.0. The van der Waals surface area contributed by atoms with Crippen LogP contribution in [-0.2, 0) is 19.1 Å². The number of hydrogen-bond acceptors (Lipinski definition) is 4. The number of carbonyl (C=O) groups excluding carboxylic acids is 3. The molecule has 1 heterocycles. The van der Waals surface area contributed by atoms with Crippen LogP contribution in [0, 0.1) is 16.7 Å². The molecule has 112 valence electrons. The Bertz CT molecular complexity index is 436. The average Bonchev–Trinajstić information content (AvgIpc) is 2.35. The zero-order valence-electron chi connectivity index (χ0n) is 12.5. The van der Waals surface area contributed by atoms with Crippen molar-refractivity contribution >= 4 is 18.2 Å². The Labute approximate surface area is 119 Å². The van der Waals surface area contributed by atoms with Gasteiger partial charge in [0.2, 0.25) is 5.91 Å². The second-order valence-electron chi connectivity index (χ2n) is 6.59. The van der Waals surface area contributed by atoms with Gasteiger partial charge in [0.25, 0.3) is 0 Å². The summed E-state index contributed by atoms with van der Waals surface area (Å²) in [5, 5.41) is 0.